The standard InChI is InChI=1S/C28H35N7O/c1-33-13-15-35(16-14-33)25-11-9-24(10-12-25)30-28(29)32-27-4-2-3-26(31-27)23-7-5-22(6-8-23)21-34-17-19-36-20-18-34/h2-12H,13-21H2,1H3,(H3,29,30,31,32). The Kier molecular flexibility index (Phi) is 7.76. The molecule has 2 aromatic carbocycles. The van der Waals surface area contributed by atoms with E-state index in [1.54, 1.807) is 0 Å². The van der Waals surface area contributed by atoms with Crippen LogP contribution in [0.15, 0.2) is 71.7 Å². The van der Waals surface area contributed by atoms with Crippen molar-refractivity contribution in [3.05, 3.63) is 72.3 Å². The van der Waals surface area contributed by atoms with Gasteiger partial charge in [0.1, 0.15) is 0 Å². The molecular formula is C28H35N7O. The summed E-state index contributed by atoms with van der Waals surface area (Å²) >= 11 is 0. The van der Waals surface area contributed by atoms with Crippen LogP contribution in [0.5, 0.6) is 0 Å². The highest BCUT2D eigenvalue weighted by Crippen LogP contribution is 2.22. The Bertz CT molecular complexity index is 1150. The highest BCUT2D eigenvalue weighted by atomic mass is 16.5. The quantitative estimate of drug-likeness (QED) is 0.409. The van der Waals surface area contributed by atoms with Gasteiger partial charge in [0.05, 0.1) is 18.9 Å². The number of pyridine rings is 1. The summed E-state index contributed by atoms with van der Waals surface area (Å²) in [7, 11) is 2.17. The number of likely N-dealkylation sites (N-methyl/N-ethyl adjacent to an activating group) is 1. The Labute approximate surface area is 213 Å². The summed E-state index contributed by atoms with van der Waals surface area (Å²) < 4.78 is 5.44. The van der Waals surface area contributed by atoms with Crippen molar-refractivity contribution in [2.75, 3.05) is 69.7 Å². The molecule has 8 nitrogen and oxygen atoms in total. The lowest BCUT2D eigenvalue weighted by Gasteiger charge is -2.34. The van der Waals surface area contributed by atoms with E-state index in [1.165, 1.54) is 11.3 Å². The molecule has 0 unspecified atom stereocenters. The third kappa shape index (κ3) is 6.40. The third-order valence-electron chi connectivity index (χ3n) is 6.74. The predicted molar refractivity (Wildman–Crippen MR) is 147 cm³/mol. The fourth-order valence-corrected chi connectivity index (χ4v) is 4.56. The van der Waals surface area contributed by atoms with Crippen LogP contribution >= 0.6 is 0 Å². The predicted octanol–water partition coefficient (Wildman–Crippen LogP) is 3.39. The minimum Gasteiger partial charge on any atom is -0.379 e. The first-order valence-electron chi connectivity index (χ1n) is 12.6. The van der Waals surface area contributed by atoms with Gasteiger partial charge in [0.25, 0.3) is 0 Å². The van der Waals surface area contributed by atoms with E-state index >= 15 is 0 Å². The van der Waals surface area contributed by atoms with Crippen LogP contribution in [0.2, 0.25) is 0 Å². The molecule has 0 aliphatic carbocycles. The number of guanidine groups is 1. The number of piperazine rings is 1. The highest BCUT2D eigenvalue weighted by Gasteiger charge is 2.14. The topological polar surface area (TPSA) is 82.2 Å². The maximum atomic E-state index is 6.20. The number of hydrogen-bond acceptors (Lipinski definition) is 6. The first kappa shape index (κ1) is 24.2. The number of nitrogens with two attached hydrogens (primary N) is 1. The fraction of sp³-hybridized carbons (Fsp3) is 0.357. The number of nitrogens with zero attached hydrogens (tertiary/aromatic N) is 5. The van der Waals surface area contributed by atoms with E-state index in [-0.39, 0.29) is 0 Å². The smallest absolute Gasteiger partial charge is 0.199 e. The van der Waals surface area contributed by atoms with Crippen molar-refractivity contribution in [1.29, 1.82) is 0 Å². The van der Waals surface area contributed by atoms with Crippen molar-refractivity contribution in [2.24, 2.45) is 10.7 Å². The Morgan fingerprint density at radius 1 is 0.917 bits per heavy atom. The van der Waals surface area contributed by atoms with Gasteiger partial charge in [-0.1, -0.05) is 30.3 Å². The van der Waals surface area contributed by atoms with E-state index in [4.69, 9.17) is 15.5 Å². The van der Waals surface area contributed by atoms with Crippen LogP contribution < -0.4 is 16.0 Å². The average molecular weight is 486 g/mol. The minimum absolute atomic E-state index is 0.313. The molecule has 0 spiro atoms. The number of morpholine rings is 1. The zero-order chi connectivity index (χ0) is 24.7. The van der Waals surface area contributed by atoms with Gasteiger partial charge in [-0.15, -0.1) is 0 Å². The maximum absolute atomic E-state index is 6.20. The molecule has 36 heavy (non-hydrogen) atoms. The SMILES string of the molecule is CN1CCN(c2ccc(N/C(N)=N/c3cccc(-c4ccc(CN5CCOCC5)cc4)n3)cc2)CC1. The van der Waals surface area contributed by atoms with E-state index < -0.39 is 0 Å². The molecule has 5 rings (SSSR count). The zero-order valence-corrected chi connectivity index (χ0v) is 20.9. The minimum atomic E-state index is 0.313. The molecule has 8 heteroatoms. The first-order valence-corrected chi connectivity index (χ1v) is 12.6. The summed E-state index contributed by atoms with van der Waals surface area (Å²) in [4.78, 5) is 16.4. The number of ether oxygens (including phenoxy) is 1. The van der Waals surface area contributed by atoms with Gasteiger partial charge in [-0.25, -0.2) is 4.98 Å². The number of benzene rings is 2. The fourth-order valence-electron chi connectivity index (χ4n) is 4.56. The van der Waals surface area contributed by atoms with Crippen LogP contribution in [0.3, 0.4) is 0 Å². The second-order valence-corrected chi connectivity index (χ2v) is 9.43. The Morgan fingerprint density at radius 2 is 1.64 bits per heavy atom. The first-order chi connectivity index (χ1) is 17.6. The molecule has 2 aliphatic rings. The summed E-state index contributed by atoms with van der Waals surface area (Å²) in [5.41, 5.74) is 11.6. The number of aromatic nitrogens is 1. The number of nitrogens with one attached hydrogen (secondary N) is 1. The largest absolute Gasteiger partial charge is 0.379 e. The molecule has 1 aromatic heterocycles. The normalized spacial score (nSPS) is 17.8. The summed E-state index contributed by atoms with van der Waals surface area (Å²) in [6, 6.07) is 22.7. The molecule has 0 atom stereocenters. The van der Waals surface area contributed by atoms with Crippen LogP contribution in [0.1, 0.15) is 5.56 Å². The molecule has 2 aliphatic heterocycles. The zero-order valence-electron chi connectivity index (χ0n) is 20.9. The van der Waals surface area contributed by atoms with Gasteiger partial charge in [-0.05, 0) is 49.0 Å². The molecule has 2 fully saturated rings. The van der Waals surface area contributed by atoms with Crippen molar-refractivity contribution >= 4 is 23.2 Å². The molecule has 0 amide bonds. The van der Waals surface area contributed by atoms with Crippen molar-refractivity contribution in [3.63, 3.8) is 0 Å². The number of rotatable bonds is 6. The van der Waals surface area contributed by atoms with Crippen molar-refractivity contribution in [3.8, 4) is 11.3 Å². The molecule has 0 radical (unpaired) electrons. The number of anilines is 2. The van der Waals surface area contributed by atoms with Crippen molar-refractivity contribution in [1.82, 2.24) is 14.8 Å². The number of aliphatic imine (C=N–C) groups is 1. The van der Waals surface area contributed by atoms with Crippen LogP contribution in [0, 0.1) is 0 Å². The molecule has 3 aromatic rings. The summed E-state index contributed by atoms with van der Waals surface area (Å²) in [6.45, 7) is 8.81. The summed E-state index contributed by atoms with van der Waals surface area (Å²) in [5.74, 6) is 0.886. The maximum Gasteiger partial charge on any atom is 0.199 e. The van der Waals surface area contributed by atoms with E-state index in [9.17, 15) is 0 Å². The molecule has 2 saturated heterocycles. The molecule has 0 saturated carbocycles. The second kappa shape index (κ2) is 11.5. The Balaban J connectivity index is 1.20. The third-order valence-corrected chi connectivity index (χ3v) is 6.74. The van der Waals surface area contributed by atoms with Crippen LogP contribution in [0.4, 0.5) is 17.2 Å². The van der Waals surface area contributed by atoms with Crippen LogP contribution in [0.25, 0.3) is 11.3 Å². The van der Waals surface area contributed by atoms with E-state index in [2.05, 4.69) is 68.5 Å². The van der Waals surface area contributed by atoms with E-state index in [0.717, 1.165) is 76.0 Å². The molecular weight excluding hydrogens is 450 g/mol. The van der Waals surface area contributed by atoms with Gasteiger partial charge in [0, 0.05) is 62.8 Å². The van der Waals surface area contributed by atoms with Gasteiger partial charge in [0.15, 0.2) is 11.8 Å². The Morgan fingerprint density at radius 3 is 2.36 bits per heavy atom. The van der Waals surface area contributed by atoms with Gasteiger partial charge in [-0.2, -0.15) is 4.99 Å². The van der Waals surface area contributed by atoms with Gasteiger partial charge in [-0.3, -0.25) is 4.90 Å². The molecule has 188 valence electrons. The lowest BCUT2D eigenvalue weighted by Crippen LogP contribution is -2.44. The van der Waals surface area contributed by atoms with Crippen LogP contribution in [-0.4, -0.2) is 80.3 Å². The van der Waals surface area contributed by atoms with Crippen molar-refractivity contribution < 1.29 is 4.74 Å². The average Bonchev–Trinajstić information content (AvgIpc) is 2.91. The molecule has 3 N–H and O–H groups in total. The number of hydrogen-bond donors (Lipinski definition) is 2. The lowest BCUT2D eigenvalue weighted by molar-refractivity contribution is 0.0342. The monoisotopic (exact) mass is 485 g/mol. The van der Waals surface area contributed by atoms with Gasteiger partial charge >= 0.3 is 0 Å². The molecule has 3 heterocycles. The highest BCUT2D eigenvalue weighted by molar-refractivity contribution is 5.94. The summed E-state index contributed by atoms with van der Waals surface area (Å²) in [6.07, 6.45) is 0. The second-order valence-electron chi connectivity index (χ2n) is 9.43. The van der Waals surface area contributed by atoms with Gasteiger partial charge in [0.2, 0.25) is 0 Å². The lowest BCUT2D eigenvalue weighted by atomic mass is 10.1. The Hall–Kier alpha value is -3.46. The van der Waals surface area contributed by atoms with E-state index in [1.807, 2.05) is 30.3 Å². The van der Waals surface area contributed by atoms with Crippen LogP contribution in [-0.2, 0) is 11.3 Å². The summed E-state index contributed by atoms with van der Waals surface area (Å²) in [5, 5.41) is 3.18. The van der Waals surface area contributed by atoms with Crippen molar-refractivity contribution in [2.45, 2.75) is 6.54 Å². The molecule has 0 bridgehead atoms. The van der Waals surface area contributed by atoms with Gasteiger partial charge < -0.3 is 25.6 Å². The van der Waals surface area contributed by atoms with E-state index in [0.29, 0.717) is 11.8 Å².